The minimum absolute atomic E-state index is 0.442. The molecule has 0 bridgehead atoms. The molecule has 0 aromatic carbocycles. The van der Waals surface area contributed by atoms with Crippen LogP contribution in [0, 0.1) is 11.3 Å². The van der Waals surface area contributed by atoms with Gasteiger partial charge in [0.25, 0.3) is 0 Å². The first-order chi connectivity index (χ1) is 6.61. The van der Waals surface area contributed by atoms with Crippen LogP contribution >= 0.6 is 15.9 Å². The average Bonchev–Trinajstić information content (AvgIpc) is 2.97. The van der Waals surface area contributed by atoms with E-state index in [2.05, 4.69) is 34.7 Å². The van der Waals surface area contributed by atoms with Crippen molar-refractivity contribution in [2.75, 3.05) is 18.4 Å². The lowest BCUT2D eigenvalue weighted by Gasteiger charge is -2.31. The number of rotatable bonds is 6. The van der Waals surface area contributed by atoms with E-state index in [1.165, 1.54) is 38.8 Å². The Kier molecular flexibility index (Phi) is 3.23. The second kappa shape index (κ2) is 4.13. The molecule has 2 saturated carbocycles. The van der Waals surface area contributed by atoms with E-state index in [1.54, 1.807) is 0 Å². The van der Waals surface area contributed by atoms with E-state index in [0.717, 1.165) is 17.3 Å². The molecule has 2 fully saturated rings. The predicted molar refractivity (Wildman–Crippen MR) is 64.9 cm³/mol. The van der Waals surface area contributed by atoms with Crippen LogP contribution in [-0.4, -0.2) is 29.4 Å². The van der Waals surface area contributed by atoms with Gasteiger partial charge in [0, 0.05) is 24.5 Å². The monoisotopic (exact) mass is 259 g/mol. The quantitative estimate of drug-likeness (QED) is 0.662. The minimum Gasteiger partial charge on any atom is -0.300 e. The summed E-state index contributed by atoms with van der Waals surface area (Å²) in [5.74, 6) is 1.04. The van der Waals surface area contributed by atoms with Gasteiger partial charge in [-0.3, -0.25) is 4.90 Å². The van der Waals surface area contributed by atoms with Gasteiger partial charge in [0.1, 0.15) is 0 Å². The summed E-state index contributed by atoms with van der Waals surface area (Å²) in [4.78, 5) is 2.75. The first-order valence-electron chi connectivity index (χ1n) is 5.91. The molecule has 0 unspecified atom stereocenters. The largest absolute Gasteiger partial charge is 0.300 e. The molecule has 2 aliphatic rings. The third kappa shape index (κ3) is 3.23. The number of nitrogens with zero attached hydrogens (tertiary/aromatic N) is 1. The van der Waals surface area contributed by atoms with Crippen molar-refractivity contribution >= 4 is 15.9 Å². The summed E-state index contributed by atoms with van der Waals surface area (Å²) in [5, 5.41) is 1.12. The van der Waals surface area contributed by atoms with Crippen LogP contribution in [0.1, 0.15) is 39.5 Å². The SMILES string of the molecule is CC(C)(CBr)CN(CC1CC1)C1CC1. The Balaban J connectivity index is 1.82. The molecule has 0 atom stereocenters. The summed E-state index contributed by atoms with van der Waals surface area (Å²) in [7, 11) is 0. The van der Waals surface area contributed by atoms with Gasteiger partial charge >= 0.3 is 0 Å². The standard InChI is InChI=1S/C12H22BrN/c1-12(2,8-13)9-14(11-5-6-11)7-10-3-4-10/h10-11H,3-9H2,1-2H3. The van der Waals surface area contributed by atoms with Crippen molar-refractivity contribution in [3.8, 4) is 0 Å². The second-order valence-electron chi connectivity index (χ2n) is 5.90. The van der Waals surface area contributed by atoms with Crippen molar-refractivity contribution in [2.45, 2.75) is 45.6 Å². The van der Waals surface area contributed by atoms with E-state index >= 15 is 0 Å². The first kappa shape index (κ1) is 10.9. The highest BCUT2D eigenvalue weighted by Crippen LogP contribution is 2.36. The molecule has 0 heterocycles. The first-order valence-corrected chi connectivity index (χ1v) is 7.03. The summed E-state index contributed by atoms with van der Waals surface area (Å²) in [6.07, 6.45) is 5.87. The molecule has 2 rings (SSSR count). The maximum atomic E-state index is 3.62. The molecular weight excluding hydrogens is 238 g/mol. The Labute approximate surface area is 96.4 Å². The van der Waals surface area contributed by atoms with Crippen molar-refractivity contribution in [3.63, 3.8) is 0 Å². The number of hydrogen-bond donors (Lipinski definition) is 0. The third-order valence-electron chi connectivity index (χ3n) is 3.25. The molecule has 0 amide bonds. The zero-order valence-electron chi connectivity index (χ0n) is 9.43. The Morgan fingerprint density at radius 2 is 1.86 bits per heavy atom. The van der Waals surface area contributed by atoms with Crippen LogP contribution in [0.5, 0.6) is 0 Å². The van der Waals surface area contributed by atoms with Crippen LogP contribution in [0.4, 0.5) is 0 Å². The molecule has 0 saturated heterocycles. The molecule has 1 nitrogen and oxygen atoms in total. The van der Waals surface area contributed by atoms with E-state index in [-0.39, 0.29) is 0 Å². The zero-order chi connectivity index (χ0) is 10.2. The van der Waals surface area contributed by atoms with Gasteiger partial charge in [-0.15, -0.1) is 0 Å². The lowest BCUT2D eigenvalue weighted by atomic mass is 9.95. The van der Waals surface area contributed by atoms with Crippen molar-refractivity contribution in [1.29, 1.82) is 0 Å². The molecule has 0 aliphatic heterocycles. The number of alkyl halides is 1. The highest BCUT2D eigenvalue weighted by molar-refractivity contribution is 9.09. The normalized spacial score (nSPS) is 23.1. The van der Waals surface area contributed by atoms with Gasteiger partial charge in [-0.2, -0.15) is 0 Å². The third-order valence-corrected chi connectivity index (χ3v) is 4.76. The van der Waals surface area contributed by atoms with Crippen LogP contribution in [0.3, 0.4) is 0 Å². The Morgan fingerprint density at radius 1 is 1.21 bits per heavy atom. The van der Waals surface area contributed by atoms with Crippen LogP contribution in [0.25, 0.3) is 0 Å². The van der Waals surface area contributed by atoms with Gasteiger partial charge < -0.3 is 0 Å². The van der Waals surface area contributed by atoms with Crippen molar-refractivity contribution in [3.05, 3.63) is 0 Å². The summed E-state index contributed by atoms with van der Waals surface area (Å²) in [6, 6.07) is 0.939. The van der Waals surface area contributed by atoms with Gasteiger partial charge in [-0.1, -0.05) is 29.8 Å². The summed E-state index contributed by atoms with van der Waals surface area (Å²) in [6.45, 7) is 7.38. The molecule has 2 aliphatic carbocycles. The fourth-order valence-corrected chi connectivity index (χ4v) is 2.18. The molecule has 0 N–H and O–H groups in total. The maximum absolute atomic E-state index is 3.62. The lowest BCUT2D eigenvalue weighted by molar-refractivity contribution is 0.180. The van der Waals surface area contributed by atoms with E-state index < -0.39 is 0 Å². The zero-order valence-corrected chi connectivity index (χ0v) is 11.0. The van der Waals surface area contributed by atoms with Crippen LogP contribution in [0.15, 0.2) is 0 Å². The van der Waals surface area contributed by atoms with E-state index in [0.29, 0.717) is 5.41 Å². The van der Waals surface area contributed by atoms with Gasteiger partial charge in [0.05, 0.1) is 0 Å². The highest BCUT2D eigenvalue weighted by atomic mass is 79.9. The number of hydrogen-bond acceptors (Lipinski definition) is 1. The minimum atomic E-state index is 0.442. The van der Waals surface area contributed by atoms with E-state index in [4.69, 9.17) is 0 Å². The van der Waals surface area contributed by atoms with Gasteiger partial charge in [0.15, 0.2) is 0 Å². The molecule has 2 heteroatoms. The Morgan fingerprint density at radius 3 is 2.29 bits per heavy atom. The molecule has 0 radical (unpaired) electrons. The fraction of sp³-hybridized carbons (Fsp3) is 1.00. The maximum Gasteiger partial charge on any atom is 0.00967 e. The molecule has 14 heavy (non-hydrogen) atoms. The van der Waals surface area contributed by atoms with Crippen molar-refractivity contribution in [1.82, 2.24) is 4.90 Å². The fourth-order valence-electron chi connectivity index (χ4n) is 2.01. The number of halogens is 1. The topological polar surface area (TPSA) is 3.24 Å². The highest BCUT2D eigenvalue weighted by Gasteiger charge is 2.35. The summed E-state index contributed by atoms with van der Waals surface area (Å²) < 4.78 is 0. The second-order valence-corrected chi connectivity index (χ2v) is 6.46. The van der Waals surface area contributed by atoms with Crippen molar-refractivity contribution < 1.29 is 0 Å². The Hall–Kier alpha value is 0.440. The van der Waals surface area contributed by atoms with Crippen LogP contribution in [0.2, 0.25) is 0 Å². The van der Waals surface area contributed by atoms with E-state index in [9.17, 15) is 0 Å². The van der Waals surface area contributed by atoms with Gasteiger partial charge in [-0.05, 0) is 37.0 Å². The van der Waals surface area contributed by atoms with Gasteiger partial charge in [-0.25, -0.2) is 0 Å². The van der Waals surface area contributed by atoms with Crippen LogP contribution in [-0.2, 0) is 0 Å². The summed E-state index contributed by atoms with van der Waals surface area (Å²) >= 11 is 3.62. The van der Waals surface area contributed by atoms with Crippen LogP contribution < -0.4 is 0 Å². The molecular formula is C12H22BrN. The predicted octanol–water partition coefficient (Wildman–Crippen LogP) is 3.28. The molecule has 0 aromatic rings. The molecule has 0 spiro atoms. The van der Waals surface area contributed by atoms with Gasteiger partial charge in [0.2, 0.25) is 0 Å². The molecule has 0 aromatic heterocycles. The smallest absolute Gasteiger partial charge is 0.00967 e. The Bertz CT molecular complexity index is 194. The van der Waals surface area contributed by atoms with E-state index in [1.807, 2.05) is 0 Å². The summed E-state index contributed by atoms with van der Waals surface area (Å²) in [5.41, 5.74) is 0.442. The lowest BCUT2D eigenvalue weighted by Crippen LogP contribution is -2.38. The van der Waals surface area contributed by atoms with Crippen molar-refractivity contribution in [2.24, 2.45) is 11.3 Å². The molecule has 82 valence electrons. The average molecular weight is 260 g/mol.